The fraction of sp³-hybridized carbons (Fsp3) is 0.650. The van der Waals surface area contributed by atoms with Crippen LogP contribution in [0.2, 0.25) is 0 Å². The van der Waals surface area contributed by atoms with E-state index in [9.17, 15) is 8.42 Å². The van der Waals surface area contributed by atoms with Crippen molar-refractivity contribution in [3.05, 3.63) is 29.8 Å². The zero-order chi connectivity index (χ0) is 21.8. The van der Waals surface area contributed by atoms with Crippen LogP contribution in [0.25, 0.3) is 0 Å². The normalized spacial score (nSPS) is 12.8. The van der Waals surface area contributed by atoms with Crippen LogP contribution in [0.5, 0.6) is 0 Å². The molecule has 166 valence electrons. The van der Waals surface area contributed by atoms with Gasteiger partial charge in [0.05, 0.1) is 24.7 Å². The van der Waals surface area contributed by atoms with Crippen molar-refractivity contribution in [3.63, 3.8) is 0 Å². The largest absolute Gasteiger partial charge is 0.382 e. The quantitative estimate of drug-likeness (QED) is 0.267. The predicted molar refractivity (Wildman–Crippen MR) is 117 cm³/mol. The summed E-state index contributed by atoms with van der Waals surface area (Å²) in [5, 5.41) is 6.41. The molecular weight excluding hydrogens is 392 g/mol. The van der Waals surface area contributed by atoms with Gasteiger partial charge in [0.1, 0.15) is 0 Å². The number of ether oxygens (including phenoxy) is 2. The van der Waals surface area contributed by atoms with E-state index in [1.807, 2.05) is 33.8 Å². The molecular formula is C20H36N4O4S. The van der Waals surface area contributed by atoms with Crippen LogP contribution in [0.15, 0.2) is 34.2 Å². The molecule has 0 radical (unpaired) electrons. The lowest BCUT2D eigenvalue weighted by molar-refractivity contribution is 0.0698. The average Bonchev–Trinajstić information content (AvgIpc) is 2.63. The van der Waals surface area contributed by atoms with Gasteiger partial charge in [0.25, 0.3) is 0 Å². The van der Waals surface area contributed by atoms with Crippen molar-refractivity contribution < 1.29 is 17.9 Å². The fourth-order valence-electron chi connectivity index (χ4n) is 2.49. The molecule has 1 rings (SSSR count). The maximum atomic E-state index is 12.7. The van der Waals surface area contributed by atoms with E-state index in [-0.39, 0.29) is 11.4 Å². The molecule has 0 saturated carbocycles. The second-order valence-electron chi connectivity index (χ2n) is 7.54. The Morgan fingerprint density at radius 1 is 1.10 bits per heavy atom. The molecule has 0 heterocycles. The summed E-state index contributed by atoms with van der Waals surface area (Å²) < 4.78 is 38.6. The lowest BCUT2D eigenvalue weighted by atomic mass is 10.1. The summed E-state index contributed by atoms with van der Waals surface area (Å²) in [6, 6.07) is 6.93. The number of rotatable bonds is 12. The third-order valence-corrected chi connectivity index (χ3v) is 5.50. The first-order valence-corrected chi connectivity index (χ1v) is 11.4. The zero-order valence-corrected chi connectivity index (χ0v) is 19.1. The Labute approximate surface area is 175 Å². The van der Waals surface area contributed by atoms with Gasteiger partial charge >= 0.3 is 0 Å². The van der Waals surface area contributed by atoms with Crippen LogP contribution in [0.1, 0.15) is 39.7 Å². The molecule has 0 aliphatic heterocycles. The van der Waals surface area contributed by atoms with Crippen LogP contribution < -0.4 is 15.4 Å². The molecule has 8 nitrogen and oxygen atoms in total. The molecule has 0 aromatic heterocycles. The third kappa shape index (κ3) is 10.6. The Morgan fingerprint density at radius 3 is 2.48 bits per heavy atom. The van der Waals surface area contributed by atoms with E-state index in [1.165, 1.54) is 0 Å². The van der Waals surface area contributed by atoms with Crippen LogP contribution in [0, 0.1) is 0 Å². The topological polar surface area (TPSA) is 101 Å². The van der Waals surface area contributed by atoms with Gasteiger partial charge < -0.3 is 20.1 Å². The van der Waals surface area contributed by atoms with Gasteiger partial charge in [-0.15, -0.1) is 0 Å². The average molecular weight is 429 g/mol. The summed E-state index contributed by atoms with van der Waals surface area (Å²) in [6.45, 7) is 10.9. The van der Waals surface area contributed by atoms with Gasteiger partial charge in [-0.2, -0.15) is 0 Å². The van der Waals surface area contributed by atoms with E-state index in [1.54, 1.807) is 25.3 Å². The van der Waals surface area contributed by atoms with E-state index in [2.05, 4.69) is 20.3 Å². The molecule has 0 bridgehead atoms. The highest BCUT2D eigenvalue weighted by Crippen LogP contribution is 2.18. The smallest absolute Gasteiger partial charge is 0.241 e. The highest BCUT2D eigenvalue weighted by Gasteiger charge is 2.24. The highest BCUT2D eigenvalue weighted by atomic mass is 32.2. The molecule has 1 aromatic rings. The monoisotopic (exact) mass is 428 g/mol. The third-order valence-electron chi connectivity index (χ3n) is 3.64. The van der Waals surface area contributed by atoms with Crippen molar-refractivity contribution in [2.75, 3.05) is 40.0 Å². The SMILES string of the molecule is CCNC(=NCc1ccccc1S(=O)(=O)NC(C)(C)C)NCCCOCCOC. The molecule has 0 spiro atoms. The van der Waals surface area contributed by atoms with Crippen LogP contribution >= 0.6 is 0 Å². The number of sulfonamides is 1. The van der Waals surface area contributed by atoms with E-state index in [0.29, 0.717) is 44.4 Å². The molecule has 1 aromatic carbocycles. The molecule has 0 fully saturated rings. The zero-order valence-electron chi connectivity index (χ0n) is 18.2. The number of guanidine groups is 1. The first kappa shape index (κ1) is 25.4. The Hall–Kier alpha value is -1.68. The van der Waals surface area contributed by atoms with Crippen LogP contribution in [-0.4, -0.2) is 59.9 Å². The van der Waals surface area contributed by atoms with Crippen LogP contribution in [-0.2, 0) is 26.0 Å². The lowest BCUT2D eigenvalue weighted by Gasteiger charge is -2.21. The first-order chi connectivity index (χ1) is 13.7. The predicted octanol–water partition coefficient (Wildman–Crippen LogP) is 1.87. The molecule has 29 heavy (non-hydrogen) atoms. The van der Waals surface area contributed by atoms with E-state index >= 15 is 0 Å². The number of benzene rings is 1. The second kappa shape index (κ2) is 12.8. The Bertz CT molecular complexity index is 730. The van der Waals surface area contributed by atoms with Crippen LogP contribution in [0.3, 0.4) is 0 Å². The van der Waals surface area contributed by atoms with Crippen LogP contribution in [0.4, 0.5) is 0 Å². The standard InChI is InChI=1S/C20H36N4O4S/c1-6-21-19(22-12-9-13-28-15-14-27-5)23-16-17-10-7-8-11-18(17)29(25,26)24-20(2,3)4/h7-8,10-11,24H,6,9,12-16H2,1-5H3,(H2,21,22,23). The Morgan fingerprint density at radius 2 is 1.83 bits per heavy atom. The van der Waals surface area contributed by atoms with Gasteiger partial charge in [0.15, 0.2) is 5.96 Å². The molecule has 0 aliphatic carbocycles. The van der Waals surface area contributed by atoms with Gasteiger partial charge in [0, 0.05) is 32.3 Å². The fourth-order valence-corrected chi connectivity index (χ4v) is 4.14. The minimum absolute atomic E-state index is 0.251. The summed E-state index contributed by atoms with van der Waals surface area (Å²) in [4.78, 5) is 4.79. The maximum Gasteiger partial charge on any atom is 0.241 e. The summed E-state index contributed by atoms with van der Waals surface area (Å²) in [6.07, 6.45) is 0.828. The number of nitrogens with zero attached hydrogens (tertiary/aromatic N) is 1. The highest BCUT2D eigenvalue weighted by molar-refractivity contribution is 7.89. The Kier molecular flexibility index (Phi) is 11.2. The first-order valence-electron chi connectivity index (χ1n) is 9.90. The lowest BCUT2D eigenvalue weighted by Crippen LogP contribution is -2.40. The van der Waals surface area contributed by atoms with Crippen molar-refractivity contribution in [2.24, 2.45) is 4.99 Å². The number of nitrogens with one attached hydrogen (secondary N) is 3. The van der Waals surface area contributed by atoms with Gasteiger partial charge in [-0.1, -0.05) is 18.2 Å². The van der Waals surface area contributed by atoms with Crippen molar-refractivity contribution in [1.82, 2.24) is 15.4 Å². The summed E-state index contributed by atoms with van der Waals surface area (Å²) in [7, 11) is -1.98. The van der Waals surface area contributed by atoms with Gasteiger partial charge in [-0.3, -0.25) is 0 Å². The van der Waals surface area contributed by atoms with Crippen molar-refractivity contribution in [2.45, 2.75) is 51.1 Å². The minimum atomic E-state index is -3.63. The minimum Gasteiger partial charge on any atom is -0.382 e. The number of aliphatic imine (C=N–C) groups is 1. The molecule has 0 aliphatic rings. The molecule has 0 unspecified atom stereocenters. The summed E-state index contributed by atoms with van der Waals surface area (Å²) >= 11 is 0. The Balaban J connectivity index is 2.75. The van der Waals surface area contributed by atoms with Crippen molar-refractivity contribution >= 4 is 16.0 Å². The molecule has 0 amide bonds. The number of hydrogen-bond acceptors (Lipinski definition) is 5. The van der Waals surface area contributed by atoms with Crippen molar-refractivity contribution in [1.29, 1.82) is 0 Å². The van der Waals surface area contributed by atoms with E-state index in [0.717, 1.165) is 6.42 Å². The molecule has 3 N–H and O–H groups in total. The molecule has 9 heteroatoms. The van der Waals surface area contributed by atoms with Crippen molar-refractivity contribution in [3.8, 4) is 0 Å². The molecule has 0 atom stereocenters. The molecule has 0 saturated heterocycles. The summed E-state index contributed by atoms with van der Waals surface area (Å²) in [5.41, 5.74) is 0.0844. The van der Waals surface area contributed by atoms with E-state index in [4.69, 9.17) is 9.47 Å². The van der Waals surface area contributed by atoms with Gasteiger partial charge in [0.2, 0.25) is 10.0 Å². The number of hydrogen-bond donors (Lipinski definition) is 3. The maximum absolute atomic E-state index is 12.7. The summed E-state index contributed by atoms with van der Waals surface area (Å²) in [5.74, 6) is 0.639. The van der Waals surface area contributed by atoms with Gasteiger partial charge in [-0.25, -0.2) is 18.1 Å². The van der Waals surface area contributed by atoms with E-state index < -0.39 is 15.6 Å². The number of methoxy groups -OCH3 is 1. The van der Waals surface area contributed by atoms with Gasteiger partial charge in [-0.05, 0) is 45.7 Å². The second-order valence-corrected chi connectivity index (χ2v) is 9.19.